The first kappa shape index (κ1) is 14.8. The molecule has 0 aliphatic rings. The second-order valence-corrected chi connectivity index (χ2v) is 4.55. The fraction of sp³-hybridized carbons (Fsp3) is 0.250. The van der Waals surface area contributed by atoms with Crippen LogP contribution in [0, 0.1) is 0 Å². The number of carbonyl (C=O) groups is 1. The summed E-state index contributed by atoms with van der Waals surface area (Å²) in [6.45, 7) is 1.92. The summed E-state index contributed by atoms with van der Waals surface area (Å²) in [5, 5.41) is 2.94. The van der Waals surface area contributed by atoms with Gasteiger partial charge in [0.15, 0.2) is 11.5 Å². The van der Waals surface area contributed by atoms with E-state index in [1.54, 1.807) is 44.8 Å². The summed E-state index contributed by atoms with van der Waals surface area (Å²) in [5.74, 6) is 0.957. The normalized spacial score (nSPS) is 11.6. The van der Waals surface area contributed by atoms with Crippen molar-refractivity contribution in [1.82, 2.24) is 10.3 Å². The first-order chi connectivity index (χ1) is 10.2. The lowest BCUT2D eigenvalue weighted by Crippen LogP contribution is -2.26. The third kappa shape index (κ3) is 3.51. The summed E-state index contributed by atoms with van der Waals surface area (Å²) in [6.07, 6.45) is 3.41. The van der Waals surface area contributed by atoms with Crippen molar-refractivity contribution in [3.05, 3.63) is 53.9 Å². The number of ether oxygens (including phenoxy) is 2. The molecule has 0 spiro atoms. The minimum atomic E-state index is -0.166. The minimum absolute atomic E-state index is 0.103. The monoisotopic (exact) mass is 286 g/mol. The number of benzene rings is 1. The second kappa shape index (κ2) is 6.74. The number of nitrogens with one attached hydrogen (secondary N) is 1. The van der Waals surface area contributed by atoms with Crippen LogP contribution in [0.5, 0.6) is 11.5 Å². The number of rotatable bonds is 5. The molecule has 5 heteroatoms. The van der Waals surface area contributed by atoms with Gasteiger partial charge in [-0.05, 0) is 42.8 Å². The topological polar surface area (TPSA) is 60.5 Å². The summed E-state index contributed by atoms with van der Waals surface area (Å²) in [5.41, 5.74) is 1.52. The molecule has 1 N–H and O–H groups in total. The van der Waals surface area contributed by atoms with Crippen molar-refractivity contribution in [2.24, 2.45) is 0 Å². The predicted molar refractivity (Wildman–Crippen MR) is 79.7 cm³/mol. The van der Waals surface area contributed by atoms with Gasteiger partial charge in [-0.25, -0.2) is 0 Å². The Morgan fingerprint density at radius 2 is 1.76 bits per heavy atom. The Hall–Kier alpha value is -2.56. The van der Waals surface area contributed by atoms with Gasteiger partial charge in [-0.1, -0.05) is 0 Å². The number of amides is 1. The quantitative estimate of drug-likeness (QED) is 0.917. The van der Waals surface area contributed by atoms with E-state index in [2.05, 4.69) is 10.3 Å². The maximum atomic E-state index is 12.3. The number of carbonyl (C=O) groups excluding carboxylic acids is 1. The van der Waals surface area contributed by atoms with Crippen LogP contribution in [0.1, 0.15) is 28.9 Å². The Labute approximate surface area is 123 Å². The van der Waals surface area contributed by atoms with E-state index in [9.17, 15) is 4.79 Å². The van der Waals surface area contributed by atoms with Gasteiger partial charge in [0.1, 0.15) is 0 Å². The summed E-state index contributed by atoms with van der Waals surface area (Å²) < 4.78 is 10.4. The number of methoxy groups -OCH3 is 2. The van der Waals surface area contributed by atoms with Gasteiger partial charge in [-0.15, -0.1) is 0 Å². The lowest BCUT2D eigenvalue weighted by molar-refractivity contribution is 0.0939. The molecule has 0 aliphatic carbocycles. The van der Waals surface area contributed by atoms with Gasteiger partial charge in [0.05, 0.1) is 20.3 Å². The maximum Gasteiger partial charge on any atom is 0.251 e. The van der Waals surface area contributed by atoms with E-state index in [0.29, 0.717) is 17.1 Å². The highest BCUT2D eigenvalue weighted by atomic mass is 16.5. The molecular weight excluding hydrogens is 268 g/mol. The molecule has 1 unspecified atom stereocenters. The van der Waals surface area contributed by atoms with E-state index in [0.717, 1.165) is 5.56 Å². The van der Waals surface area contributed by atoms with Crippen LogP contribution in [-0.4, -0.2) is 25.1 Å². The van der Waals surface area contributed by atoms with Crippen LogP contribution < -0.4 is 14.8 Å². The highest BCUT2D eigenvalue weighted by Crippen LogP contribution is 2.27. The van der Waals surface area contributed by atoms with Crippen LogP contribution in [-0.2, 0) is 0 Å². The van der Waals surface area contributed by atoms with Crippen LogP contribution in [0.3, 0.4) is 0 Å². The van der Waals surface area contributed by atoms with E-state index >= 15 is 0 Å². The first-order valence-corrected chi connectivity index (χ1v) is 6.58. The molecule has 0 saturated carbocycles. The molecule has 1 aromatic heterocycles. The van der Waals surface area contributed by atoms with Gasteiger partial charge in [-0.2, -0.15) is 0 Å². The van der Waals surface area contributed by atoms with Crippen molar-refractivity contribution in [3.63, 3.8) is 0 Å². The number of aromatic nitrogens is 1. The van der Waals surface area contributed by atoms with Gasteiger partial charge in [-0.3, -0.25) is 9.78 Å². The van der Waals surface area contributed by atoms with Gasteiger partial charge < -0.3 is 14.8 Å². The van der Waals surface area contributed by atoms with Gasteiger partial charge in [0.2, 0.25) is 0 Å². The van der Waals surface area contributed by atoms with E-state index < -0.39 is 0 Å². The fourth-order valence-electron chi connectivity index (χ4n) is 1.99. The Bertz CT molecular complexity index is 614. The summed E-state index contributed by atoms with van der Waals surface area (Å²) in [7, 11) is 3.10. The molecule has 0 bridgehead atoms. The molecule has 0 radical (unpaired) electrons. The van der Waals surface area contributed by atoms with Gasteiger partial charge in [0.25, 0.3) is 5.91 Å². The molecule has 1 amide bonds. The molecule has 0 saturated heterocycles. The van der Waals surface area contributed by atoms with Crippen molar-refractivity contribution < 1.29 is 14.3 Å². The maximum absolute atomic E-state index is 12.3. The standard InChI is InChI=1S/C16H18N2O3/c1-11(12-6-8-17-9-7-12)18-16(19)13-4-5-14(20-2)15(10-13)21-3/h4-11H,1-3H3,(H,18,19). The van der Waals surface area contributed by atoms with Crippen molar-refractivity contribution in [1.29, 1.82) is 0 Å². The zero-order valence-electron chi connectivity index (χ0n) is 12.3. The molecular formula is C16H18N2O3. The zero-order chi connectivity index (χ0) is 15.2. The van der Waals surface area contributed by atoms with E-state index in [-0.39, 0.29) is 11.9 Å². The second-order valence-electron chi connectivity index (χ2n) is 4.55. The van der Waals surface area contributed by atoms with Crippen LogP contribution in [0.2, 0.25) is 0 Å². The Morgan fingerprint density at radius 3 is 2.38 bits per heavy atom. The van der Waals surface area contributed by atoms with Crippen molar-refractivity contribution >= 4 is 5.91 Å². The van der Waals surface area contributed by atoms with E-state index in [1.807, 2.05) is 19.1 Å². The molecule has 0 fully saturated rings. The van der Waals surface area contributed by atoms with Crippen LogP contribution in [0.25, 0.3) is 0 Å². The molecule has 0 aliphatic heterocycles. The predicted octanol–water partition coefficient (Wildman–Crippen LogP) is 2.59. The fourth-order valence-corrected chi connectivity index (χ4v) is 1.99. The average molecular weight is 286 g/mol. The lowest BCUT2D eigenvalue weighted by atomic mass is 10.1. The number of hydrogen-bond acceptors (Lipinski definition) is 4. The molecule has 1 heterocycles. The molecule has 21 heavy (non-hydrogen) atoms. The number of hydrogen-bond donors (Lipinski definition) is 1. The third-order valence-corrected chi connectivity index (χ3v) is 3.20. The summed E-state index contributed by atoms with van der Waals surface area (Å²) in [6, 6.07) is 8.72. The zero-order valence-corrected chi connectivity index (χ0v) is 12.3. The van der Waals surface area contributed by atoms with E-state index in [4.69, 9.17) is 9.47 Å². The Kier molecular flexibility index (Phi) is 4.77. The molecule has 5 nitrogen and oxygen atoms in total. The smallest absolute Gasteiger partial charge is 0.251 e. The van der Waals surface area contributed by atoms with Gasteiger partial charge in [0, 0.05) is 18.0 Å². The average Bonchev–Trinajstić information content (AvgIpc) is 2.54. The molecule has 110 valence electrons. The SMILES string of the molecule is COc1ccc(C(=O)NC(C)c2ccncc2)cc1OC. The molecule has 1 atom stereocenters. The van der Waals surface area contributed by atoms with Crippen LogP contribution in [0.15, 0.2) is 42.7 Å². The van der Waals surface area contributed by atoms with Crippen LogP contribution >= 0.6 is 0 Å². The van der Waals surface area contributed by atoms with Crippen molar-refractivity contribution in [3.8, 4) is 11.5 Å². The Balaban J connectivity index is 2.13. The molecule has 2 rings (SSSR count). The Morgan fingerprint density at radius 1 is 1.10 bits per heavy atom. The third-order valence-electron chi connectivity index (χ3n) is 3.20. The van der Waals surface area contributed by atoms with Crippen molar-refractivity contribution in [2.45, 2.75) is 13.0 Å². The number of pyridine rings is 1. The van der Waals surface area contributed by atoms with Crippen molar-refractivity contribution in [2.75, 3.05) is 14.2 Å². The lowest BCUT2D eigenvalue weighted by Gasteiger charge is -2.15. The summed E-state index contributed by atoms with van der Waals surface area (Å²) in [4.78, 5) is 16.2. The first-order valence-electron chi connectivity index (χ1n) is 6.58. The van der Waals surface area contributed by atoms with Crippen LogP contribution in [0.4, 0.5) is 0 Å². The number of nitrogens with zero attached hydrogens (tertiary/aromatic N) is 1. The largest absolute Gasteiger partial charge is 0.493 e. The summed E-state index contributed by atoms with van der Waals surface area (Å²) >= 11 is 0. The minimum Gasteiger partial charge on any atom is -0.493 e. The highest BCUT2D eigenvalue weighted by molar-refractivity contribution is 5.95. The molecule has 1 aromatic carbocycles. The van der Waals surface area contributed by atoms with E-state index in [1.165, 1.54) is 0 Å². The molecule has 2 aromatic rings. The highest BCUT2D eigenvalue weighted by Gasteiger charge is 2.13. The van der Waals surface area contributed by atoms with Gasteiger partial charge >= 0.3 is 0 Å².